The van der Waals surface area contributed by atoms with Crippen LogP contribution < -0.4 is 5.32 Å². The van der Waals surface area contributed by atoms with Crippen LogP contribution in [-0.2, 0) is 9.84 Å². The third kappa shape index (κ3) is 1.49. The molecule has 1 atom stereocenters. The highest BCUT2D eigenvalue weighted by atomic mass is 32.2. The number of sulfone groups is 1. The second-order valence-corrected chi connectivity index (χ2v) is 5.30. The van der Waals surface area contributed by atoms with Gasteiger partial charge < -0.3 is 10.4 Å². The van der Waals surface area contributed by atoms with Gasteiger partial charge in [0, 0.05) is 0 Å². The van der Waals surface area contributed by atoms with Crippen molar-refractivity contribution in [2.75, 3.05) is 17.7 Å². The molecular formula is C9H11NO3S. The van der Waals surface area contributed by atoms with Crippen molar-refractivity contribution < 1.29 is 13.5 Å². The minimum absolute atomic E-state index is 0.0412. The number of nitrogens with one attached hydrogen (secondary N) is 1. The van der Waals surface area contributed by atoms with Crippen molar-refractivity contribution in [3.05, 3.63) is 24.3 Å². The second kappa shape index (κ2) is 3.25. The van der Waals surface area contributed by atoms with Gasteiger partial charge in [0.15, 0.2) is 9.84 Å². The number of benzene rings is 1. The fourth-order valence-electron chi connectivity index (χ4n) is 1.57. The predicted octanol–water partition coefficient (Wildman–Crippen LogP) is 0.247. The topological polar surface area (TPSA) is 66.4 Å². The van der Waals surface area contributed by atoms with Crippen molar-refractivity contribution >= 4 is 15.5 Å². The van der Waals surface area contributed by atoms with Crippen LogP contribution in [0.5, 0.6) is 0 Å². The predicted molar refractivity (Wildman–Crippen MR) is 53.0 cm³/mol. The summed E-state index contributed by atoms with van der Waals surface area (Å²) in [6.45, 7) is -0.173. The Kier molecular flexibility index (Phi) is 2.20. The molecule has 0 amide bonds. The van der Waals surface area contributed by atoms with Gasteiger partial charge >= 0.3 is 0 Å². The number of aliphatic hydroxyl groups is 1. The molecule has 1 aromatic carbocycles. The maximum Gasteiger partial charge on any atom is 0.182 e. The number of para-hydroxylation sites is 1. The molecule has 1 heterocycles. The third-order valence-corrected chi connectivity index (χ3v) is 4.09. The monoisotopic (exact) mass is 213 g/mol. The quantitative estimate of drug-likeness (QED) is 0.701. The third-order valence-electron chi connectivity index (χ3n) is 2.22. The summed E-state index contributed by atoms with van der Waals surface area (Å²) >= 11 is 0. The highest BCUT2D eigenvalue weighted by Crippen LogP contribution is 2.27. The van der Waals surface area contributed by atoms with E-state index in [-0.39, 0.29) is 12.4 Å². The van der Waals surface area contributed by atoms with E-state index >= 15 is 0 Å². The van der Waals surface area contributed by atoms with Gasteiger partial charge in [0.2, 0.25) is 0 Å². The van der Waals surface area contributed by atoms with Crippen LogP contribution in [0.2, 0.25) is 0 Å². The number of fused-ring (bicyclic) bond motifs is 1. The molecule has 76 valence electrons. The first-order valence-electron chi connectivity index (χ1n) is 4.32. The van der Waals surface area contributed by atoms with Crippen molar-refractivity contribution in [3.63, 3.8) is 0 Å². The largest absolute Gasteiger partial charge is 0.394 e. The van der Waals surface area contributed by atoms with Gasteiger partial charge in [-0.1, -0.05) is 12.1 Å². The fraction of sp³-hybridized carbons (Fsp3) is 0.333. The first-order chi connectivity index (χ1) is 6.63. The molecule has 1 aromatic rings. The molecule has 0 radical (unpaired) electrons. The van der Waals surface area contributed by atoms with Gasteiger partial charge in [-0.05, 0) is 12.1 Å². The molecule has 4 nitrogen and oxygen atoms in total. The first-order valence-corrected chi connectivity index (χ1v) is 5.98. The zero-order valence-corrected chi connectivity index (χ0v) is 8.29. The van der Waals surface area contributed by atoms with E-state index in [4.69, 9.17) is 5.11 Å². The average Bonchev–Trinajstić information content (AvgIpc) is 2.17. The molecule has 5 heteroatoms. The van der Waals surface area contributed by atoms with E-state index in [1.165, 1.54) is 0 Å². The summed E-state index contributed by atoms with van der Waals surface area (Å²) in [5, 5.41) is 11.9. The molecule has 1 aliphatic rings. The lowest BCUT2D eigenvalue weighted by molar-refractivity contribution is 0.281. The highest BCUT2D eigenvalue weighted by molar-refractivity contribution is 7.91. The molecule has 0 spiro atoms. The van der Waals surface area contributed by atoms with Crippen LogP contribution in [-0.4, -0.2) is 31.9 Å². The van der Waals surface area contributed by atoms with Gasteiger partial charge in [0.05, 0.1) is 29.0 Å². The number of aliphatic hydroxyl groups excluding tert-OH is 1. The van der Waals surface area contributed by atoms with Crippen LogP contribution in [0.3, 0.4) is 0 Å². The Hall–Kier alpha value is -1.07. The van der Waals surface area contributed by atoms with E-state index < -0.39 is 15.9 Å². The van der Waals surface area contributed by atoms with Gasteiger partial charge in [-0.15, -0.1) is 0 Å². The average molecular weight is 213 g/mol. The number of hydrogen-bond acceptors (Lipinski definition) is 4. The van der Waals surface area contributed by atoms with Crippen molar-refractivity contribution in [2.24, 2.45) is 0 Å². The zero-order valence-electron chi connectivity index (χ0n) is 7.47. The molecule has 1 aliphatic heterocycles. The van der Waals surface area contributed by atoms with Crippen molar-refractivity contribution in [1.82, 2.24) is 0 Å². The van der Waals surface area contributed by atoms with E-state index in [2.05, 4.69) is 5.32 Å². The number of rotatable bonds is 1. The Bertz CT molecular complexity index is 441. The van der Waals surface area contributed by atoms with Crippen LogP contribution >= 0.6 is 0 Å². The van der Waals surface area contributed by atoms with Crippen LogP contribution in [0.1, 0.15) is 0 Å². The first kappa shape index (κ1) is 9.48. The lowest BCUT2D eigenvalue weighted by Crippen LogP contribution is -2.36. The molecule has 1 unspecified atom stereocenters. The van der Waals surface area contributed by atoms with Gasteiger partial charge in [0.1, 0.15) is 0 Å². The van der Waals surface area contributed by atoms with Gasteiger partial charge in [-0.3, -0.25) is 0 Å². The highest BCUT2D eigenvalue weighted by Gasteiger charge is 2.28. The number of hydrogen-bond donors (Lipinski definition) is 2. The van der Waals surface area contributed by atoms with E-state index in [0.717, 1.165) is 0 Å². The standard InChI is InChI=1S/C9H11NO3S/c11-5-7-6-14(12,13)9-4-2-1-3-8(9)10-7/h1-4,7,10-11H,5-6H2. The van der Waals surface area contributed by atoms with E-state index in [0.29, 0.717) is 10.6 Å². The lowest BCUT2D eigenvalue weighted by Gasteiger charge is -2.25. The Morgan fingerprint density at radius 3 is 2.86 bits per heavy atom. The van der Waals surface area contributed by atoms with Gasteiger partial charge in [-0.2, -0.15) is 0 Å². The summed E-state index contributed by atoms with van der Waals surface area (Å²) in [6, 6.07) is 6.34. The minimum atomic E-state index is -3.23. The molecule has 0 bridgehead atoms. The maximum atomic E-state index is 11.7. The minimum Gasteiger partial charge on any atom is -0.394 e. The van der Waals surface area contributed by atoms with Crippen LogP contribution in [0, 0.1) is 0 Å². The van der Waals surface area contributed by atoms with Crippen LogP contribution in [0.25, 0.3) is 0 Å². The Morgan fingerprint density at radius 2 is 2.14 bits per heavy atom. The molecule has 2 rings (SSSR count). The molecular weight excluding hydrogens is 202 g/mol. The smallest absolute Gasteiger partial charge is 0.182 e. The van der Waals surface area contributed by atoms with Crippen molar-refractivity contribution in [3.8, 4) is 0 Å². The van der Waals surface area contributed by atoms with Crippen LogP contribution in [0.4, 0.5) is 5.69 Å². The summed E-state index contributed by atoms with van der Waals surface area (Å²) in [5.41, 5.74) is 0.581. The SMILES string of the molecule is O=S1(=O)CC(CO)Nc2ccccc21. The van der Waals surface area contributed by atoms with Crippen molar-refractivity contribution in [1.29, 1.82) is 0 Å². The molecule has 0 saturated heterocycles. The van der Waals surface area contributed by atoms with Gasteiger partial charge in [-0.25, -0.2) is 8.42 Å². The van der Waals surface area contributed by atoms with E-state index in [1.807, 2.05) is 0 Å². The zero-order chi connectivity index (χ0) is 10.2. The summed E-state index contributed by atoms with van der Waals surface area (Å²) in [5.74, 6) is -0.0412. The second-order valence-electron chi connectivity index (χ2n) is 3.30. The molecule has 0 aromatic heterocycles. The van der Waals surface area contributed by atoms with Crippen LogP contribution in [0.15, 0.2) is 29.2 Å². The molecule has 2 N–H and O–H groups in total. The maximum absolute atomic E-state index is 11.7. The van der Waals surface area contributed by atoms with E-state index in [1.54, 1.807) is 24.3 Å². The summed E-state index contributed by atoms with van der Waals surface area (Å²) in [4.78, 5) is 0.324. The Balaban J connectivity index is 2.53. The van der Waals surface area contributed by atoms with E-state index in [9.17, 15) is 8.42 Å². The molecule has 0 saturated carbocycles. The van der Waals surface area contributed by atoms with Gasteiger partial charge in [0.25, 0.3) is 0 Å². The molecule has 0 aliphatic carbocycles. The normalized spacial score (nSPS) is 23.6. The number of anilines is 1. The summed E-state index contributed by atoms with van der Waals surface area (Å²) < 4.78 is 23.4. The van der Waals surface area contributed by atoms with Crippen molar-refractivity contribution in [2.45, 2.75) is 10.9 Å². The molecule has 0 fully saturated rings. The fourth-order valence-corrected chi connectivity index (χ4v) is 3.22. The summed E-state index contributed by atoms with van der Waals surface area (Å²) in [7, 11) is -3.23. The lowest BCUT2D eigenvalue weighted by atomic mass is 10.2. The Labute approximate surface area is 82.5 Å². The molecule has 14 heavy (non-hydrogen) atoms. The Morgan fingerprint density at radius 1 is 1.43 bits per heavy atom. The summed E-state index contributed by atoms with van der Waals surface area (Å²) in [6.07, 6.45) is 0.